The molecule has 21 heavy (non-hydrogen) atoms. The van der Waals surface area contributed by atoms with Crippen LogP contribution in [0.4, 0.5) is 5.82 Å². The molecule has 1 heterocycles. The van der Waals surface area contributed by atoms with E-state index >= 15 is 0 Å². The molecule has 2 N–H and O–H groups in total. The van der Waals surface area contributed by atoms with Crippen molar-refractivity contribution in [2.24, 2.45) is 0 Å². The molecule has 0 bridgehead atoms. The van der Waals surface area contributed by atoms with Gasteiger partial charge < -0.3 is 15.3 Å². The van der Waals surface area contributed by atoms with Gasteiger partial charge in [-0.25, -0.2) is 4.98 Å². The predicted octanol–water partition coefficient (Wildman–Crippen LogP) is 1.28. The van der Waals surface area contributed by atoms with Gasteiger partial charge in [-0.05, 0) is 11.1 Å². The highest BCUT2D eigenvalue weighted by molar-refractivity contribution is 5.91. The number of aromatic nitrogens is 2. The quantitative estimate of drug-likeness (QED) is 0.865. The van der Waals surface area contributed by atoms with Crippen molar-refractivity contribution >= 4 is 11.7 Å². The van der Waals surface area contributed by atoms with Crippen LogP contribution in [-0.4, -0.2) is 40.0 Å². The summed E-state index contributed by atoms with van der Waals surface area (Å²) >= 11 is 0. The number of nitrogens with one attached hydrogen (secondary N) is 1. The number of aliphatic hydroxyl groups excluding tert-OH is 1. The Bertz CT molecular complexity index is 629. The summed E-state index contributed by atoms with van der Waals surface area (Å²) in [5.74, 6) is 0.352. The van der Waals surface area contributed by atoms with Crippen LogP contribution in [0.25, 0.3) is 0 Å². The summed E-state index contributed by atoms with van der Waals surface area (Å²) in [7, 11) is 3.34. The first-order valence-corrected chi connectivity index (χ1v) is 6.56. The van der Waals surface area contributed by atoms with Crippen molar-refractivity contribution < 1.29 is 9.90 Å². The molecule has 0 spiro atoms. The Morgan fingerprint density at radius 2 is 2.05 bits per heavy atom. The van der Waals surface area contributed by atoms with E-state index in [0.717, 1.165) is 11.1 Å². The molecular weight excluding hydrogens is 268 g/mol. The highest BCUT2D eigenvalue weighted by Crippen LogP contribution is 2.09. The van der Waals surface area contributed by atoms with Crippen molar-refractivity contribution in [2.45, 2.75) is 13.2 Å². The summed E-state index contributed by atoms with van der Waals surface area (Å²) < 4.78 is 0. The van der Waals surface area contributed by atoms with E-state index in [0.29, 0.717) is 18.1 Å². The predicted molar refractivity (Wildman–Crippen MR) is 79.7 cm³/mol. The molecule has 0 atom stereocenters. The zero-order valence-electron chi connectivity index (χ0n) is 12.1. The first kappa shape index (κ1) is 14.9. The molecule has 2 aromatic rings. The minimum Gasteiger partial charge on any atom is -0.392 e. The Balaban J connectivity index is 2.06. The molecule has 1 aromatic carbocycles. The standard InChI is InChI=1S/C15H18N4O2/c1-19(2)15(21)13-8-16-9-14(18-13)17-7-11-4-3-5-12(6-11)10-20/h3-6,8-9,20H,7,10H2,1-2H3,(H,17,18). The van der Waals surface area contributed by atoms with Crippen molar-refractivity contribution in [3.8, 4) is 0 Å². The van der Waals surface area contributed by atoms with E-state index in [4.69, 9.17) is 5.11 Å². The van der Waals surface area contributed by atoms with Gasteiger partial charge in [0.2, 0.25) is 0 Å². The molecule has 0 aliphatic rings. The average molecular weight is 286 g/mol. The van der Waals surface area contributed by atoms with E-state index < -0.39 is 0 Å². The van der Waals surface area contributed by atoms with Crippen molar-refractivity contribution in [3.05, 3.63) is 53.5 Å². The molecular formula is C15H18N4O2. The maximum absolute atomic E-state index is 11.8. The molecule has 0 unspecified atom stereocenters. The first-order chi connectivity index (χ1) is 10.1. The highest BCUT2D eigenvalue weighted by Gasteiger charge is 2.10. The van der Waals surface area contributed by atoms with Gasteiger partial charge in [0, 0.05) is 20.6 Å². The van der Waals surface area contributed by atoms with Crippen LogP contribution in [0, 0.1) is 0 Å². The van der Waals surface area contributed by atoms with Crippen LogP contribution in [0.3, 0.4) is 0 Å². The summed E-state index contributed by atoms with van der Waals surface area (Å²) in [5, 5.41) is 12.2. The van der Waals surface area contributed by atoms with Gasteiger partial charge in [0.25, 0.3) is 5.91 Å². The Labute approximate surface area is 123 Å². The van der Waals surface area contributed by atoms with E-state index in [1.165, 1.54) is 11.1 Å². The summed E-state index contributed by atoms with van der Waals surface area (Å²) in [6, 6.07) is 7.61. The number of anilines is 1. The maximum atomic E-state index is 11.8. The number of benzene rings is 1. The molecule has 0 saturated carbocycles. The molecule has 0 fully saturated rings. The van der Waals surface area contributed by atoms with Crippen LogP contribution in [0.1, 0.15) is 21.6 Å². The van der Waals surface area contributed by atoms with Crippen LogP contribution in [0.5, 0.6) is 0 Å². The summed E-state index contributed by atoms with van der Waals surface area (Å²) in [4.78, 5) is 21.5. The first-order valence-electron chi connectivity index (χ1n) is 6.56. The van der Waals surface area contributed by atoms with E-state index in [9.17, 15) is 4.79 Å². The number of aliphatic hydroxyl groups is 1. The minimum atomic E-state index is -0.187. The summed E-state index contributed by atoms with van der Waals surface area (Å²) in [5.41, 5.74) is 2.18. The Hall–Kier alpha value is -2.47. The molecule has 0 aliphatic heterocycles. The number of carbonyl (C=O) groups is 1. The lowest BCUT2D eigenvalue weighted by atomic mass is 10.1. The van der Waals surface area contributed by atoms with Crippen LogP contribution in [-0.2, 0) is 13.2 Å². The largest absolute Gasteiger partial charge is 0.392 e. The van der Waals surface area contributed by atoms with E-state index in [-0.39, 0.29) is 12.5 Å². The van der Waals surface area contributed by atoms with Gasteiger partial charge in [-0.2, -0.15) is 0 Å². The topological polar surface area (TPSA) is 78.4 Å². The SMILES string of the molecule is CN(C)C(=O)c1cncc(NCc2cccc(CO)c2)n1. The number of carbonyl (C=O) groups excluding carboxylic acids is 1. The van der Waals surface area contributed by atoms with Crippen LogP contribution >= 0.6 is 0 Å². The normalized spacial score (nSPS) is 10.2. The lowest BCUT2D eigenvalue weighted by Crippen LogP contribution is -2.23. The van der Waals surface area contributed by atoms with Crippen LogP contribution in [0.15, 0.2) is 36.7 Å². The Morgan fingerprint density at radius 3 is 2.76 bits per heavy atom. The molecule has 0 saturated heterocycles. The number of amides is 1. The van der Waals surface area contributed by atoms with E-state index in [1.807, 2.05) is 24.3 Å². The third kappa shape index (κ3) is 4.00. The highest BCUT2D eigenvalue weighted by atomic mass is 16.3. The molecule has 6 nitrogen and oxygen atoms in total. The van der Waals surface area contributed by atoms with Gasteiger partial charge in [-0.15, -0.1) is 0 Å². The zero-order chi connectivity index (χ0) is 15.2. The van der Waals surface area contributed by atoms with Gasteiger partial charge >= 0.3 is 0 Å². The van der Waals surface area contributed by atoms with Crippen LogP contribution < -0.4 is 5.32 Å². The minimum absolute atomic E-state index is 0.0144. The lowest BCUT2D eigenvalue weighted by Gasteiger charge is -2.11. The third-order valence-corrected chi connectivity index (χ3v) is 2.91. The van der Waals surface area contributed by atoms with E-state index in [1.54, 1.807) is 20.3 Å². The van der Waals surface area contributed by atoms with Crippen molar-refractivity contribution in [1.29, 1.82) is 0 Å². The summed E-state index contributed by atoms with van der Waals surface area (Å²) in [6.07, 6.45) is 3.02. The second-order valence-corrected chi connectivity index (χ2v) is 4.82. The van der Waals surface area contributed by atoms with Gasteiger partial charge in [-0.3, -0.25) is 9.78 Å². The lowest BCUT2D eigenvalue weighted by molar-refractivity contribution is 0.0821. The number of hydrogen-bond acceptors (Lipinski definition) is 5. The smallest absolute Gasteiger partial charge is 0.273 e. The fourth-order valence-corrected chi connectivity index (χ4v) is 1.81. The van der Waals surface area contributed by atoms with E-state index in [2.05, 4.69) is 15.3 Å². The average Bonchev–Trinajstić information content (AvgIpc) is 2.52. The van der Waals surface area contributed by atoms with Gasteiger partial charge in [0.15, 0.2) is 0 Å². The molecule has 1 amide bonds. The summed E-state index contributed by atoms with van der Waals surface area (Å²) in [6.45, 7) is 0.558. The van der Waals surface area contributed by atoms with Crippen LogP contribution in [0.2, 0.25) is 0 Å². The van der Waals surface area contributed by atoms with Gasteiger partial charge in [0.05, 0.1) is 19.0 Å². The second-order valence-electron chi connectivity index (χ2n) is 4.82. The zero-order valence-corrected chi connectivity index (χ0v) is 12.1. The number of nitrogens with zero attached hydrogens (tertiary/aromatic N) is 3. The molecule has 1 aromatic heterocycles. The Kier molecular flexibility index (Phi) is 4.84. The maximum Gasteiger partial charge on any atom is 0.273 e. The van der Waals surface area contributed by atoms with Crippen molar-refractivity contribution in [1.82, 2.24) is 14.9 Å². The third-order valence-electron chi connectivity index (χ3n) is 2.91. The fourth-order valence-electron chi connectivity index (χ4n) is 1.81. The molecule has 110 valence electrons. The fraction of sp³-hybridized carbons (Fsp3) is 0.267. The molecule has 2 rings (SSSR count). The van der Waals surface area contributed by atoms with Gasteiger partial charge in [0.1, 0.15) is 11.5 Å². The number of rotatable bonds is 5. The molecule has 0 aliphatic carbocycles. The monoisotopic (exact) mass is 286 g/mol. The molecule has 6 heteroatoms. The molecule has 0 radical (unpaired) electrons. The number of hydrogen-bond donors (Lipinski definition) is 2. The van der Waals surface area contributed by atoms with Crippen molar-refractivity contribution in [3.63, 3.8) is 0 Å². The van der Waals surface area contributed by atoms with Gasteiger partial charge in [-0.1, -0.05) is 24.3 Å². The second kappa shape index (κ2) is 6.81. The van der Waals surface area contributed by atoms with Crippen molar-refractivity contribution in [2.75, 3.05) is 19.4 Å². The Morgan fingerprint density at radius 1 is 1.29 bits per heavy atom.